The molecule has 0 aliphatic heterocycles. The zero-order valence-electron chi connectivity index (χ0n) is 12.8. The molecule has 0 spiro atoms. The molecule has 0 aromatic heterocycles. The van der Waals surface area contributed by atoms with Crippen molar-refractivity contribution >= 4 is 11.8 Å². The monoisotopic (exact) mass is 295 g/mol. The fourth-order valence-electron chi connectivity index (χ4n) is 2.53. The Labute approximate surface area is 130 Å². The number of carboxylic acid groups (broad SMARTS) is 1. The van der Waals surface area contributed by atoms with Gasteiger partial charge >= 0.3 is 5.97 Å². The lowest BCUT2D eigenvalue weighted by Gasteiger charge is -2.21. The summed E-state index contributed by atoms with van der Waals surface area (Å²) in [6.45, 7) is 7.90. The third-order valence-corrected chi connectivity index (χ3v) is 3.92. The van der Waals surface area contributed by atoms with Crippen LogP contribution in [0.25, 0.3) is 0 Å². The molecule has 0 aliphatic rings. The summed E-state index contributed by atoms with van der Waals surface area (Å²) in [5.41, 5.74) is 1.72. The van der Waals surface area contributed by atoms with Gasteiger partial charge in [-0.25, -0.2) is 4.79 Å². The van der Waals surface area contributed by atoms with Crippen LogP contribution in [-0.2, 0) is 5.41 Å². The van der Waals surface area contributed by atoms with E-state index in [1.807, 2.05) is 26.0 Å². The second-order valence-electron chi connectivity index (χ2n) is 5.54. The van der Waals surface area contributed by atoms with Crippen molar-refractivity contribution in [3.05, 3.63) is 77.7 Å². The van der Waals surface area contributed by atoms with Crippen molar-refractivity contribution in [2.75, 3.05) is 0 Å². The van der Waals surface area contributed by atoms with E-state index in [9.17, 15) is 14.7 Å². The molecule has 0 aliphatic carbocycles. The summed E-state index contributed by atoms with van der Waals surface area (Å²) in [5.74, 6) is -0.883. The quantitative estimate of drug-likeness (QED) is 0.667. The molecule has 0 fully saturated rings. The predicted octanol–water partition coefficient (Wildman–Crippen LogP) is 4.12. The number of Topliss-reactive ketones (excluding diaryl/α,β-unsaturated/α-hetero) is 1. The van der Waals surface area contributed by atoms with Crippen LogP contribution in [0.5, 0.6) is 0 Å². The van der Waals surface area contributed by atoms with E-state index in [2.05, 4.69) is 6.92 Å². The Morgan fingerprint density at radius 2 is 1.68 bits per heavy atom. The van der Waals surface area contributed by atoms with Crippen molar-refractivity contribution in [2.45, 2.75) is 25.7 Å². The fourth-order valence-corrected chi connectivity index (χ4v) is 2.53. The van der Waals surface area contributed by atoms with Gasteiger partial charge in [0.15, 0.2) is 11.2 Å². The van der Waals surface area contributed by atoms with Crippen LogP contribution in [0.15, 0.2) is 48.5 Å². The van der Waals surface area contributed by atoms with E-state index >= 15 is 0 Å². The van der Waals surface area contributed by atoms with Gasteiger partial charge in [0.2, 0.25) is 0 Å². The van der Waals surface area contributed by atoms with Crippen molar-refractivity contribution in [3.63, 3.8) is 0 Å². The van der Waals surface area contributed by atoms with Crippen molar-refractivity contribution in [3.8, 4) is 0 Å². The van der Waals surface area contributed by atoms with Gasteiger partial charge in [-0.3, -0.25) is 4.79 Å². The SMILES string of the molecule is [CH2+]C(C)(c1ccc(C(=O)CC)cc1)c1ccccc1C(=O)O. The van der Waals surface area contributed by atoms with Crippen molar-refractivity contribution in [2.24, 2.45) is 0 Å². The Bertz CT molecular complexity index is 697. The van der Waals surface area contributed by atoms with E-state index in [-0.39, 0.29) is 11.3 Å². The lowest BCUT2D eigenvalue weighted by molar-refractivity contribution is 0.0694. The maximum Gasteiger partial charge on any atom is 0.336 e. The van der Waals surface area contributed by atoms with Crippen molar-refractivity contribution in [1.29, 1.82) is 0 Å². The molecule has 112 valence electrons. The molecule has 0 bridgehead atoms. The lowest BCUT2D eigenvalue weighted by Crippen LogP contribution is -2.23. The summed E-state index contributed by atoms with van der Waals surface area (Å²) < 4.78 is 0. The van der Waals surface area contributed by atoms with Crippen molar-refractivity contribution in [1.82, 2.24) is 0 Å². The molecule has 0 heterocycles. The highest BCUT2D eigenvalue weighted by atomic mass is 16.4. The maximum atomic E-state index is 11.7. The van der Waals surface area contributed by atoms with Crippen LogP contribution in [0, 0.1) is 6.92 Å². The second kappa shape index (κ2) is 6.06. The van der Waals surface area contributed by atoms with E-state index in [1.165, 1.54) is 0 Å². The Kier molecular flexibility index (Phi) is 4.36. The number of hydrogen-bond donors (Lipinski definition) is 1. The van der Waals surface area contributed by atoms with Gasteiger partial charge in [-0.05, 0) is 13.0 Å². The highest BCUT2D eigenvalue weighted by molar-refractivity contribution is 5.96. The number of rotatable bonds is 5. The first-order chi connectivity index (χ1) is 10.4. The summed E-state index contributed by atoms with van der Waals surface area (Å²) in [4.78, 5) is 23.1. The molecule has 0 amide bonds. The van der Waals surface area contributed by atoms with E-state index in [1.54, 1.807) is 36.4 Å². The zero-order chi connectivity index (χ0) is 16.3. The summed E-state index contributed by atoms with van der Waals surface area (Å²) in [5, 5.41) is 9.35. The maximum absolute atomic E-state index is 11.7. The predicted molar refractivity (Wildman–Crippen MR) is 86.3 cm³/mol. The van der Waals surface area contributed by atoms with Crippen LogP contribution in [0.2, 0.25) is 0 Å². The molecule has 3 heteroatoms. The minimum absolute atomic E-state index is 0.0863. The van der Waals surface area contributed by atoms with Gasteiger partial charge in [0.05, 0.1) is 12.5 Å². The molecule has 2 rings (SSSR count). The number of carbonyl (C=O) groups excluding carboxylic acids is 1. The first-order valence-corrected chi connectivity index (χ1v) is 7.19. The number of carboxylic acids is 1. The second-order valence-corrected chi connectivity index (χ2v) is 5.54. The van der Waals surface area contributed by atoms with Crippen LogP contribution >= 0.6 is 0 Å². The lowest BCUT2D eigenvalue weighted by atomic mass is 9.76. The summed E-state index contributed by atoms with van der Waals surface area (Å²) in [7, 11) is 0. The number of aromatic carboxylic acids is 1. The van der Waals surface area contributed by atoms with Gasteiger partial charge in [0, 0.05) is 23.1 Å². The summed E-state index contributed by atoms with van der Waals surface area (Å²) in [6.07, 6.45) is 0.461. The topological polar surface area (TPSA) is 54.4 Å². The molecule has 1 unspecified atom stereocenters. The fraction of sp³-hybridized carbons (Fsp3) is 0.211. The van der Waals surface area contributed by atoms with Gasteiger partial charge in [-0.2, -0.15) is 0 Å². The Balaban J connectivity index is 2.47. The molecule has 3 nitrogen and oxygen atoms in total. The van der Waals surface area contributed by atoms with Crippen LogP contribution in [0.4, 0.5) is 0 Å². The first kappa shape index (κ1) is 15.8. The molecule has 22 heavy (non-hydrogen) atoms. The van der Waals surface area contributed by atoms with E-state index < -0.39 is 11.4 Å². The normalized spacial score (nSPS) is 13.4. The molecule has 2 aromatic carbocycles. The van der Waals surface area contributed by atoms with Gasteiger partial charge in [0.1, 0.15) is 0 Å². The number of benzene rings is 2. The number of ketones is 1. The van der Waals surface area contributed by atoms with E-state index in [0.29, 0.717) is 17.5 Å². The molecule has 1 atom stereocenters. The molecule has 1 N–H and O–H groups in total. The molecule has 0 saturated carbocycles. The zero-order valence-corrected chi connectivity index (χ0v) is 12.8. The van der Waals surface area contributed by atoms with Crippen molar-refractivity contribution < 1.29 is 14.7 Å². The summed E-state index contributed by atoms with van der Waals surface area (Å²) in [6, 6.07) is 14.1. The average molecular weight is 295 g/mol. The third-order valence-electron chi connectivity index (χ3n) is 3.92. The molecular weight excluding hydrogens is 276 g/mol. The van der Waals surface area contributed by atoms with Crippen LogP contribution in [-0.4, -0.2) is 16.9 Å². The first-order valence-electron chi connectivity index (χ1n) is 7.19. The van der Waals surface area contributed by atoms with Crippen LogP contribution in [0.3, 0.4) is 0 Å². The van der Waals surface area contributed by atoms with Gasteiger partial charge in [-0.1, -0.05) is 49.4 Å². The Morgan fingerprint density at radius 3 is 2.23 bits per heavy atom. The minimum Gasteiger partial charge on any atom is -0.478 e. The third kappa shape index (κ3) is 2.89. The highest BCUT2D eigenvalue weighted by Gasteiger charge is 2.34. The Morgan fingerprint density at radius 1 is 1.09 bits per heavy atom. The standard InChI is InChI=1S/C19H18O3/c1-4-17(20)13-9-11-14(12-10-13)19(2,3)16-8-6-5-7-15(16)18(21)22/h5-12H,2,4H2,1,3H3/p+1. The molecular formula is C19H19O3+. The molecule has 0 saturated heterocycles. The number of hydrogen-bond acceptors (Lipinski definition) is 2. The smallest absolute Gasteiger partial charge is 0.336 e. The van der Waals surface area contributed by atoms with Gasteiger partial charge < -0.3 is 5.11 Å². The minimum atomic E-state index is -0.969. The number of carbonyl (C=O) groups is 2. The average Bonchev–Trinajstić information content (AvgIpc) is 2.54. The highest BCUT2D eigenvalue weighted by Crippen LogP contribution is 2.33. The largest absolute Gasteiger partial charge is 0.478 e. The van der Waals surface area contributed by atoms with Crippen LogP contribution in [0.1, 0.15) is 52.1 Å². The van der Waals surface area contributed by atoms with E-state index in [0.717, 1.165) is 5.56 Å². The van der Waals surface area contributed by atoms with Crippen LogP contribution < -0.4 is 0 Å². The van der Waals surface area contributed by atoms with Gasteiger partial charge in [-0.15, -0.1) is 0 Å². The summed E-state index contributed by atoms with van der Waals surface area (Å²) >= 11 is 0. The Hall–Kier alpha value is -2.55. The van der Waals surface area contributed by atoms with E-state index in [4.69, 9.17) is 0 Å². The molecule has 0 radical (unpaired) electrons. The van der Waals surface area contributed by atoms with Gasteiger partial charge in [0.25, 0.3) is 0 Å². The molecule has 2 aromatic rings.